The maximum Gasteiger partial charge on any atom is 0.236 e. The minimum atomic E-state index is -3.43. The Morgan fingerprint density at radius 1 is 1.29 bits per heavy atom. The molecule has 0 aromatic carbocycles. The summed E-state index contributed by atoms with van der Waals surface area (Å²) in [6, 6.07) is 0. The largest absolute Gasteiger partial charge is 0.372 e. The zero-order valence-corrected chi connectivity index (χ0v) is 12.0. The van der Waals surface area contributed by atoms with Crippen molar-refractivity contribution in [2.24, 2.45) is 15.9 Å². The van der Waals surface area contributed by atoms with Gasteiger partial charge in [0.2, 0.25) is 16.0 Å². The second kappa shape index (κ2) is 6.11. The molecule has 0 rings (SSSR count). The second-order valence-electron chi connectivity index (χ2n) is 4.20. The van der Waals surface area contributed by atoms with Crippen molar-refractivity contribution < 1.29 is 13.5 Å². The van der Waals surface area contributed by atoms with Gasteiger partial charge in [-0.15, -0.1) is 0 Å². The zero-order chi connectivity index (χ0) is 13.8. The van der Waals surface area contributed by atoms with Gasteiger partial charge in [-0.25, -0.2) is 22.7 Å². The molecule has 0 saturated heterocycles. The number of hydrogen-bond acceptors (Lipinski definition) is 4. The maximum absolute atomic E-state index is 11.4. The number of aliphatic imine (C=N–C) groups is 2. The van der Waals surface area contributed by atoms with Crippen LogP contribution < -0.4 is 0 Å². The third-order valence-corrected chi connectivity index (χ3v) is 3.35. The fourth-order valence-corrected chi connectivity index (χ4v) is 1.17. The molecule has 7 heteroatoms. The predicted molar refractivity (Wildman–Crippen MR) is 69.7 cm³/mol. The Balaban J connectivity index is 5.40. The maximum atomic E-state index is 11.4. The summed E-state index contributed by atoms with van der Waals surface area (Å²) in [6.07, 6.45) is 0.0584. The van der Waals surface area contributed by atoms with E-state index < -0.39 is 16.3 Å². The second-order valence-corrected chi connectivity index (χ2v) is 6.21. The van der Waals surface area contributed by atoms with Crippen LogP contribution in [0.25, 0.3) is 0 Å². The van der Waals surface area contributed by atoms with Crippen molar-refractivity contribution in [2.45, 2.75) is 33.9 Å². The molecule has 0 saturated carbocycles. The zero-order valence-electron chi connectivity index (χ0n) is 11.2. The summed E-state index contributed by atoms with van der Waals surface area (Å²) < 4.78 is 23.7. The standard InChI is InChI=1S/C10H21N3O3S/c1-7(2)8(3)11-10(12-9(4)14)13(5)17(6,15)16/h7,9,14H,1-6H3. The summed E-state index contributed by atoms with van der Waals surface area (Å²) in [4.78, 5) is 7.93. The van der Waals surface area contributed by atoms with Crippen molar-refractivity contribution in [1.82, 2.24) is 4.31 Å². The summed E-state index contributed by atoms with van der Waals surface area (Å²) in [6.45, 7) is 7.12. The van der Waals surface area contributed by atoms with E-state index in [9.17, 15) is 13.5 Å². The molecule has 0 heterocycles. The van der Waals surface area contributed by atoms with E-state index in [0.717, 1.165) is 16.3 Å². The van der Waals surface area contributed by atoms with Gasteiger partial charge in [-0.3, -0.25) is 0 Å². The third-order valence-electron chi connectivity index (χ3n) is 2.19. The van der Waals surface area contributed by atoms with Crippen LogP contribution in [0.4, 0.5) is 0 Å². The van der Waals surface area contributed by atoms with Crippen LogP contribution in [0.1, 0.15) is 27.7 Å². The van der Waals surface area contributed by atoms with Crippen LogP contribution in [-0.4, -0.2) is 49.0 Å². The lowest BCUT2D eigenvalue weighted by Crippen LogP contribution is -2.33. The van der Waals surface area contributed by atoms with Crippen molar-refractivity contribution in [3.63, 3.8) is 0 Å². The first kappa shape index (κ1) is 16.1. The van der Waals surface area contributed by atoms with Crippen LogP contribution in [0, 0.1) is 5.92 Å². The fraction of sp³-hybridized carbons (Fsp3) is 0.800. The van der Waals surface area contributed by atoms with E-state index in [1.165, 1.54) is 14.0 Å². The third kappa shape index (κ3) is 5.78. The minimum absolute atomic E-state index is 0.00583. The first-order valence-corrected chi connectivity index (χ1v) is 7.15. The lowest BCUT2D eigenvalue weighted by molar-refractivity contribution is 0.204. The molecule has 6 nitrogen and oxygen atoms in total. The Kier molecular flexibility index (Phi) is 5.77. The SMILES string of the molecule is CC(=NC(=NC(C)O)N(C)S(C)(=O)=O)C(C)C. The van der Waals surface area contributed by atoms with Crippen LogP contribution in [0.3, 0.4) is 0 Å². The van der Waals surface area contributed by atoms with Gasteiger partial charge in [-0.2, -0.15) is 0 Å². The molecule has 1 unspecified atom stereocenters. The smallest absolute Gasteiger partial charge is 0.236 e. The lowest BCUT2D eigenvalue weighted by atomic mass is 10.1. The summed E-state index contributed by atoms with van der Waals surface area (Å²) in [5, 5.41) is 9.21. The predicted octanol–water partition coefficient (Wildman–Crippen LogP) is 0.689. The number of hydrogen-bond donors (Lipinski definition) is 1. The van der Waals surface area contributed by atoms with Gasteiger partial charge in [-0.1, -0.05) is 13.8 Å². The highest BCUT2D eigenvalue weighted by atomic mass is 32.2. The van der Waals surface area contributed by atoms with Gasteiger partial charge in [0.1, 0.15) is 6.23 Å². The average molecular weight is 263 g/mol. The van der Waals surface area contributed by atoms with Crippen molar-refractivity contribution in [3.8, 4) is 0 Å². The molecule has 1 N–H and O–H groups in total. The monoisotopic (exact) mass is 263 g/mol. The van der Waals surface area contributed by atoms with Gasteiger partial charge < -0.3 is 5.11 Å². The summed E-state index contributed by atoms with van der Waals surface area (Å²) >= 11 is 0. The highest BCUT2D eigenvalue weighted by Crippen LogP contribution is 2.04. The number of nitrogens with zero attached hydrogens (tertiary/aromatic N) is 3. The van der Waals surface area contributed by atoms with Gasteiger partial charge in [0.25, 0.3) is 0 Å². The van der Waals surface area contributed by atoms with E-state index >= 15 is 0 Å². The normalized spacial score (nSPS) is 16.2. The molecule has 0 bridgehead atoms. The van der Waals surface area contributed by atoms with Crippen LogP contribution in [0.2, 0.25) is 0 Å². The highest BCUT2D eigenvalue weighted by molar-refractivity contribution is 7.88. The van der Waals surface area contributed by atoms with E-state index in [4.69, 9.17) is 0 Å². The van der Waals surface area contributed by atoms with Crippen LogP contribution in [-0.2, 0) is 10.0 Å². The Labute approximate surface area is 103 Å². The Morgan fingerprint density at radius 3 is 2.06 bits per heavy atom. The number of aliphatic hydroxyl groups is 1. The first-order valence-electron chi connectivity index (χ1n) is 5.30. The van der Waals surface area contributed by atoms with Gasteiger partial charge in [0.05, 0.1) is 6.26 Å². The van der Waals surface area contributed by atoms with E-state index in [1.807, 2.05) is 13.8 Å². The molecule has 0 aliphatic rings. The Morgan fingerprint density at radius 2 is 1.76 bits per heavy atom. The molecule has 0 aliphatic heterocycles. The van der Waals surface area contributed by atoms with E-state index in [2.05, 4.69) is 9.98 Å². The average Bonchev–Trinajstić information content (AvgIpc) is 2.13. The fourth-order valence-electron chi connectivity index (χ4n) is 0.783. The van der Waals surface area contributed by atoms with Crippen LogP contribution in [0.5, 0.6) is 0 Å². The molecule has 0 spiro atoms. The van der Waals surface area contributed by atoms with Crippen LogP contribution in [0.15, 0.2) is 9.98 Å². The molecule has 1 atom stereocenters. The summed E-state index contributed by atoms with van der Waals surface area (Å²) in [5.41, 5.74) is 0.750. The topological polar surface area (TPSA) is 82.3 Å². The van der Waals surface area contributed by atoms with E-state index in [1.54, 1.807) is 6.92 Å². The van der Waals surface area contributed by atoms with Crippen molar-refractivity contribution >= 4 is 21.7 Å². The number of sulfonamides is 1. The summed E-state index contributed by atoms with van der Waals surface area (Å²) in [7, 11) is -2.08. The summed E-state index contributed by atoms with van der Waals surface area (Å²) in [5.74, 6) is 0.177. The van der Waals surface area contributed by atoms with E-state index in [-0.39, 0.29) is 11.9 Å². The quantitative estimate of drug-likeness (QED) is 0.600. The molecule has 0 fully saturated rings. The molecule has 0 aromatic heterocycles. The number of rotatable bonds is 3. The minimum Gasteiger partial charge on any atom is -0.372 e. The Bertz CT molecular complexity index is 411. The first-order chi connectivity index (χ1) is 7.55. The molecular weight excluding hydrogens is 242 g/mol. The molecule has 0 radical (unpaired) electrons. The van der Waals surface area contributed by atoms with Gasteiger partial charge in [0.15, 0.2) is 0 Å². The molecular formula is C10H21N3O3S. The van der Waals surface area contributed by atoms with Crippen molar-refractivity contribution in [1.29, 1.82) is 0 Å². The number of aliphatic hydroxyl groups excluding tert-OH is 1. The molecule has 100 valence electrons. The Hall–Kier alpha value is -0.950. The highest BCUT2D eigenvalue weighted by Gasteiger charge is 2.17. The number of guanidine groups is 1. The molecule has 0 aliphatic carbocycles. The lowest BCUT2D eigenvalue weighted by Gasteiger charge is -2.17. The van der Waals surface area contributed by atoms with Crippen molar-refractivity contribution in [3.05, 3.63) is 0 Å². The van der Waals surface area contributed by atoms with Gasteiger partial charge in [0, 0.05) is 12.8 Å². The molecule has 17 heavy (non-hydrogen) atoms. The van der Waals surface area contributed by atoms with E-state index in [0.29, 0.717) is 0 Å². The molecule has 0 amide bonds. The van der Waals surface area contributed by atoms with Gasteiger partial charge in [-0.05, 0) is 19.8 Å². The molecule has 0 aromatic rings. The van der Waals surface area contributed by atoms with Gasteiger partial charge >= 0.3 is 0 Å². The van der Waals surface area contributed by atoms with Crippen molar-refractivity contribution in [2.75, 3.05) is 13.3 Å². The van der Waals surface area contributed by atoms with Crippen LogP contribution >= 0.6 is 0 Å².